The fraction of sp³-hybridized carbons (Fsp3) is 0.591. The van der Waals surface area contributed by atoms with E-state index in [-0.39, 0.29) is 16.6 Å². The molecule has 0 bridgehead atoms. The molecule has 1 aromatic heterocycles. The molecule has 9 heteroatoms. The van der Waals surface area contributed by atoms with Crippen molar-refractivity contribution >= 4 is 26.9 Å². The Kier molecular flexibility index (Phi) is 5.32. The van der Waals surface area contributed by atoms with Crippen molar-refractivity contribution in [1.29, 1.82) is 0 Å². The fourth-order valence-electron chi connectivity index (χ4n) is 4.65. The molecule has 3 saturated heterocycles. The Morgan fingerprint density at radius 1 is 1.03 bits per heavy atom. The van der Waals surface area contributed by atoms with E-state index in [1.165, 1.54) is 0 Å². The number of furan rings is 1. The lowest BCUT2D eigenvalue weighted by atomic mass is 10.0. The normalized spacial score (nSPS) is 23.1. The average molecular weight is 449 g/mol. The van der Waals surface area contributed by atoms with Crippen LogP contribution in [0.25, 0.3) is 11.0 Å². The largest absolute Gasteiger partial charge is 0.451 e. The van der Waals surface area contributed by atoms with Crippen LogP contribution in [0.1, 0.15) is 43.2 Å². The number of rotatable bonds is 3. The van der Waals surface area contributed by atoms with Crippen molar-refractivity contribution in [2.24, 2.45) is 5.92 Å². The predicted octanol–water partition coefficient (Wildman–Crippen LogP) is 2.83. The van der Waals surface area contributed by atoms with Crippen LogP contribution in [0.5, 0.6) is 0 Å². The molecule has 0 radical (unpaired) electrons. The molecule has 0 N–H and O–H groups in total. The van der Waals surface area contributed by atoms with Gasteiger partial charge in [-0.15, -0.1) is 0 Å². The lowest BCUT2D eigenvalue weighted by Crippen LogP contribution is -2.47. The molecule has 0 unspecified atom stereocenters. The second-order valence-electron chi connectivity index (χ2n) is 8.80. The molecule has 2 aromatic rings. The number of ether oxygens (including phenoxy) is 2. The van der Waals surface area contributed by atoms with Crippen molar-refractivity contribution in [2.75, 3.05) is 39.4 Å². The van der Waals surface area contributed by atoms with Gasteiger partial charge in [0.25, 0.3) is 5.91 Å². The molecule has 0 saturated carbocycles. The molecule has 1 aromatic carbocycles. The smallest absolute Gasteiger partial charge is 0.289 e. The van der Waals surface area contributed by atoms with E-state index >= 15 is 0 Å². The van der Waals surface area contributed by atoms with Gasteiger partial charge >= 0.3 is 0 Å². The van der Waals surface area contributed by atoms with E-state index in [2.05, 4.69) is 6.92 Å². The Balaban J connectivity index is 1.33. The summed E-state index contributed by atoms with van der Waals surface area (Å²) in [4.78, 5) is 14.9. The van der Waals surface area contributed by atoms with Crippen LogP contribution in [0, 0.1) is 5.92 Å². The number of benzene rings is 1. The maximum absolute atomic E-state index is 13.0. The Morgan fingerprint density at radius 3 is 2.39 bits per heavy atom. The Morgan fingerprint density at radius 2 is 1.71 bits per heavy atom. The number of nitrogens with zero attached hydrogens (tertiary/aromatic N) is 2. The van der Waals surface area contributed by atoms with Crippen molar-refractivity contribution in [3.8, 4) is 0 Å². The number of carbonyl (C=O) groups is 1. The van der Waals surface area contributed by atoms with Crippen LogP contribution in [0.4, 0.5) is 0 Å². The summed E-state index contributed by atoms with van der Waals surface area (Å²) < 4.78 is 44.8. The second kappa shape index (κ2) is 7.88. The topological polar surface area (TPSA) is 89.3 Å². The molecule has 0 atom stereocenters. The first-order chi connectivity index (χ1) is 14.9. The minimum Gasteiger partial charge on any atom is -0.451 e. The van der Waals surface area contributed by atoms with Crippen LogP contribution in [0.2, 0.25) is 0 Å². The quantitative estimate of drug-likeness (QED) is 0.717. The van der Waals surface area contributed by atoms with Crippen molar-refractivity contribution < 1.29 is 27.1 Å². The van der Waals surface area contributed by atoms with Gasteiger partial charge in [0.1, 0.15) is 5.58 Å². The van der Waals surface area contributed by atoms with E-state index in [1.54, 1.807) is 33.5 Å². The molecule has 4 heterocycles. The van der Waals surface area contributed by atoms with Crippen LogP contribution in [0.3, 0.4) is 0 Å². The lowest BCUT2D eigenvalue weighted by molar-refractivity contribution is -0.181. The van der Waals surface area contributed by atoms with Crippen LogP contribution in [0.15, 0.2) is 33.6 Å². The van der Waals surface area contributed by atoms with Crippen molar-refractivity contribution in [3.05, 3.63) is 30.0 Å². The van der Waals surface area contributed by atoms with E-state index < -0.39 is 15.8 Å². The maximum Gasteiger partial charge on any atom is 0.289 e. The van der Waals surface area contributed by atoms with Gasteiger partial charge in [0.05, 0.1) is 18.1 Å². The molecule has 1 amide bonds. The molecule has 168 valence electrons. The second-order valence-corrected chi connectivity index (χ2v) is 10.7. The molecule has 1 spiro atoms. The minimum absolute atomic E-state index is 0.196. The van der Waals surface area contributed by atoms with E-state index in [0.717, 1.165) is 12.8 Å². The van der Waals surface area contributed by atoms with Gasteiger partial charge in [0.2, 0.25) is 10.0 Å². The van der Waals surface area contributed by atoms with Crippen molar-refractivity contribution in [1.82, 2.24) is 9.21 Å². The maximum atomic E-state index is 13.0. The van der Waals surface area contributed by atoms with E-state index in [0.29, 0.717) is 69.1 Å². The summed E-state index contributed by atoms with van der Waals surface area (Å²) in [6.45, 7) is 5.49. The Hall–Kier alpha value is -1.94. The van der Waals surface area contributed by atoms with Gasteiger partial charge in [0, 0.05) is 44.4 Å². The monoisotopic (exact) mass is 448 g/mol. The van der Waals surface area contributed by atoms with Crippen LogP contribution >= 0.6 is 0 Å². The van der Waals surface area contributed by atoms with Crippen molar-refractivity contribution in [3.63, 3.8) is 0 Å². The molecule has 3 aliphatic heterocycles. The van der Waals surface area contributed by atoms with Gasteiger partial charge in [-0.25, -0.2) is 8.42 Å². The number of sulfonamides is 1. The number of piperidine rings is 2. The third-order valence-corrected chi connectivity index (χ3v) is 8.60. The molecule has 3 fully saturated rings. The van der Waals surface area contributed by atoms with Gasteiger partial charge < -0.3 is 18.8 Å². The van der Waals surface area contributed by atoms with Gasteiger partial charge in [-0.05, 0) is 43.0 Å². The first kappa shape index (κ1) is 20.9. The summed E-state index contributed by atoms with van der Waals surface area (Å²) >= 11 is 0. The summed E-state index contributed by atoms with van der Waals surface area (Å²) in [5, 5.41) is 0.616. The fourth-order valence-corrected chi connectivity index (χ4v) is 6.16. The third-order valence-electron chi connectivity index (χ3n) is 6.70. The standard InChI is InChI=1S/C22H28N2O6S/c1-16-4-8-24(9-5-16)31(26,27)18-2-3-19-17(14-18)15-20(30-19)21(25)23-10-6-22(7-11-23)28-12-13-29-22/h2-3,14-16H,4-13H2,1H3. The number of carbonyl (C=O) groups excluding carboxylic acids is 1. The molecular formula is C22H28N2O6S. The molecule has 3 aliphatic rings. The highest BCUT2D eigenvalue weighted by atomic mass is 32.2. The summed E-state index contributed by atoms with van der Waals surface area (Å²) in [6, 6.07) is 6.44. The van der Waals surface area contributed by atoms with E-state index in [4.69, 9.17) is 13.9 Å². The predicted molar refractivity (Wildman–Crippen MR) is 113 cm³/mol. The number of hydrogen-bond acceptors (Lipinski definition) is 6. The molecule has 0 aliphatic carbocycles. The lowest BCUT2D eigenvalue weighted by Gasteiger charge is -2.37. The third kappa shape index (κ3) is 3.88. The highest BCUT2D eigenvalue weighted by Gasteiger charge is 2.41. The summed E-state index contributed by atoms with van der Waals surface area (Å²) in [7, 11) is -3.55. The van der Waals surface area contributed by atoms with Gasteiger partial charge in [0.15, 0.2) is 11.5 Å². The number of amides is 1. The average Bonchev–Trinajstić information content (AvgIpc) is 3.41. The van der Waals surface area contributed by atoms with E-state index in [9.17, 15) is 13.2 Å². The van der Waals surface area contributed by atoms with Crippen LogP contribution < -0.4 is 0 Å². The number of fused-ring (bicyclic) bond motifs is 1. The molecule has 5 rings (SSSR count). The van der Waals surface area contributed by atoms with Crippen LogP contribution in [-0.4, -0.2) is 68.7 Å². The summed E-state index contributed by atoms with van der Waals surface area (Å²) in [5.41, 5.74) is 0.505. The molecule has 31 heavy (non-hydrogen) atoms. The Bertz CT molecular complexity index is 1070. The first-order valence-electron chi connectivity index (χ1n) is 11.0. The van der Waals surface area contributed by atoms with Gasteiger partial charge in [-0.2, -0.15) is 4.31 Å². The highest BCUT2D eigenvalue weighted by Crippen LogP contribution is 2.33. The zero-order valence-electron chi connectivity index (χ0n) is 17.7. The first-order valence-corrected chi connectivity index (χ1v) is 12.4. The van der Waals surface area contributed by atoms with Crippen molar-refractivity contribution in [2.45, 2.75) is 43.3 Å². The minimum atomic E-state index is -3.55. The van der Waals surface area contributed by atoms with E-state index in [1.807, 2.05) is 0 Å². The van der Waals surface area contributed by atoms with Crippen LogP contribution in [-0.2, 0) is 19.5 Å². The summed E-state index contributed by atoms with van der Waals surface area (Å²) in [6.07, 6.45) is 3.02. The Labute approximate surface area is 182 Å². The zero-order chi connectivity index (χ0) is 21.6. The number of hydrogen-bond donors (Lipinski definition) is 0. The number of likely N-dealkylation sites (tertiary alicyclic amines) is 1. The molecular weight excluding hydrogens is 420 g/mol. The van der Waals surface area contributed by atoms with Gasteiger partial charge in [-0.1, -0.05) is 6.92 Å². The zero-order valence-corrected chi connectivity index (χ0v) is 18.5. The highest BCUT2D eigenvalue weighted by molar-refractivity contribution is 7.89. The SMILES string of the molecule is CC1CCN(S(=O)(=O)c2ccc3oc(C(=O)N4CCC5(CC4)OCCO5)cc3c2)CC1. The summed E-state index contributed by atoms with van der Waals surface area (Å²) in [5.74, 6) is 0.0343. The van der Waals surface area contributed by atoms with Gasteiger partial charge in [-0.3, -0.25) is 4.79 Å². The molecule has 8 nitrogen and oxygen atoms in total.